The lowest BCUT2D eigenvalue weighted by Crippen LogP contribution is -1.81. The minimum atomic E-state index is 0.816. The molecule has 0 spiro atoms. The number of fused-ring (bicyclic) bond motifs is 2. The molecule has 1 aromatic heterocycles. The van der Waals surface area contributed by atoms with Crippen LogP contribution in [0.25, 0.3) is 11.0 Å². The SMILES string of the molecule is C1=NCc2cc3ccoc3cc21. The summed E-state index contributed by atoms with van der Waals surface area (Å²) in [6, 6.07) is 6.16. The second-order valence-corrected chi connectivity index (χ2v) is 2.98. The number of rotatable bonds is 0. The van der Waals surface area contributed by atoms with Crippen molar-refractivity contribution < 1.29 is 4.42 Å². The molecule has 1 aromatic carbocycles. The van der Waals surface area contributed by atoms with Crippen LogP contribution in [0, 0.1) is 0 Å². The van der Waals surface area contributed by atoms with Gasteiger partial charge in [0, 0.05) is 17.2 Å². The van der Waals surface area contributed by atoms with Gasteiger partial charge >= 0.3 is 0 Å². The van der Waals surface area contributed by atoms with Crippen LogP contribution in [0.2, 0.25) is 0 Å². The molecule has 0 atom stereocenters. The Morgan fingerprint density at radius 1 is 1.33 bits per heavy atom. The first-order valence-corrected chi connectivity index (χ1v) is 3.93. The highest BCUT2D eigenvalue weighted by Gasteiger charge is 2.08. The molecule has 0 saturated heterocycles. The van der Waals surface area contributed by atoms with Gasteiger partial charge < -0.3 is 4.42 Å². The maximum atomic E-state index is 5.28. The Bertz CT molecular complexity index is 468. The number of hydrogen-bond donors (Lipinski definition) is 0. The Hall–Kier alpha value is -1.57. The van der Waals surface area contributed by atoms with Crippen molar-refractivity contribution in [1.82, 2.24) is 0 Å². The normalized spacial score (nSPS) is 14.0. The van der Waals surface area contributed by atoms with Gasteiger partial charge in [0.05, 0.1) is 12.8 Å². The van der Waals surface area contributed by atoms with Crippen molar-refractivity contribution in [1.29, 1.82) is 0 Å². The first kappa shape index (κ1) is 6.00. The Morgan fingerprint density at radius 2 is 2.33 bits per heavy atom. The predicted octanol–water partition coefficient (Wildman–Crippen LogP) is 2.37. The molecule has 3 rings (SSSR count). The van der Waals surface area contributed by atoms with Gasteiger partial charge in [0.15, 0.2) is 0 Å². The summed E-state index contributed by atoms with van der Waals surface area (Å²) in [5.74, 6) is 0. The number of benzene rings is 1. The van der Waals surface area contributed by atoms with Crippen LogP contribution >= 0.6 is 0 Å². The van der Waals surface area contributed by atoms with Gasteiger partial charge in [-0.15, -0.1) is 0 Å². The second kappa shape index (κ2) is 1.97. The van der Waals surface area contributed by atoms with Gasteiger partial charge in [0.1, 0.15) is 5.58 Å². The van der Waals surface area contributed by atoms with Crippen LogP contribution in [0.3, 0.4) is 0 Å². The van der Waals surface area contributed by atoms with E-state index < -0.39 is 0 Å². The summed E-state index contributed by atoms with van der Waals surface area (Å²) < 4.78 is 5.28. The molecule has 58 valence electrons. The van der Waals surface area contributed by atoms with Crippen LogP contribution in [0.5, 0.6) is 0 Å². The van der Waals surface area contributed by atoms with E-state index in [1.165, 1.54) is 16.5 Å². The third-order valence-electron chi connectivity index (χ3n) is 2.21. The molecule has 1 aliphatic heterocycles. The average molecular weight is 157 g/mol. The predicted molar refractivity (Wildman–Crippen MR) is 47.5 cm³/mol. The van der Waals surface area contributed by atoms with Gasteiger partial charge in [-0.1, -0.05) is 0 Å². The van der Waals surface area contributed by atoms with Crippen LogP contribution in [-0.4, -0.2) is 6.21 Å². The Balaban J connectivity index is 2.43. The maximum Gasteiger partial charge on any atom is 0.134 e. The topological polar surface area (TPSA) is 25.5 Å². The lowest BCUT2D eigenvalue weighted by Gasteiger charge is -1.95. The van der Waals surface area contributed by atoms with Crippen molar-refractivity contribution in [2.75, 3.05) is 0 Å². The van der Waals surface area contributed by atoms with E-state index in [2.05, 4.69) is 11.1 Å². The lowest BCUT2D eigenvalue weighted by molar-refractivity contribution is 0.616. The van der Waals surface area contributed by atoms with E-state index in [1.807, 2.05) is 18.3 Å². The molecular formula is C10H7NO. The number of nitrogens with zero attached hydrogens (tertiary/aromatic N) is 1. The van der Waals surface area contributed by atoms with Crippen LogP contribution in [0.1, 0.15) is 11.1 Å². The zero-order chi connectivity index (χ0) is 7.97. The number of hydrogen-bond acceptors (Lipinski definition) is 2. The van der Waals surface area contributed by atoms with E-state index >= 15 is 0 Å². The third-order valence-corrected chi connectivity index (χ3v) is 2.21. The van der Waals surface area contributed by atoms with Crippen molar-refractivity contribution in [3.05, 3.63) is 35.6 Å². The molecular weight excluding hydrogens is 150 g/mol. The standard InChI is InChI=1S/C10H7NO/c1-2-12-10-4-9-6-11-5-8(9)3-7(1)10/h1-4,6H,5H2. The van der Waals surface area contributed by atoms with E-state index in [-0.39, 0.29) is 0 Å². The summed E-state index contributed by atoms with van der Waals surface area (Å²) in [4.78, 5) is 4.19. The fraction of sp³-hybridized carbons (Fsp3) is 0.100. The molecule has 12 heavy (non-hydrogen) atoms. The minimum Gasteiger partial charge on any atom is -0.464 e. The highest BCUT2D eigenvalue weighted by atomic mass is 16.3. The van der Waals surface area contributed by atoms with Crippen LogP contribution in [0.4, 0.5) is 0 Å². The highest BCUT2D eigenvalue weighted by molar-refractivity contribution is 5.91. The Kier molecular flexibility index (Phi) is 0.987. The summed E-state index contributed by atoms with van der Waals surface area (Å²) >= 11 is 0. The van der Waals surface area contributed by atoms with Gasteiger partial charge in [0.2, 0.25) is 0 Å². The molecule has 0 aliphatic carbocycles. The summed E-state index contributed by atoms with van der Waals surface area (Å²) in [5, 5.41) is 1.17. The van der Waals surface area contributed by atoms with Gasteiger partial charge in [-0.2, -0.15) is 0 Å². The molecule has 0 fully saturated rings. The van der Waals surface area contributed by atoms with E-state index in [1.54, 1.807) is 6.26 Å². The summed E-state index contributed by atoms with van der Waals surface area (Å²) in [5.41, 5.74) is 3.43. The van der Waals surface area contributed by atoms with Crippen molar-refractivity contribution in [3.63, 3.8) is 0 Å². The smallest absolute Gasteiger partial charge is 0.134 e. The van der Waals surface area contributed by atoms with E-state index in [0.717, 1.165) is 12.1 Å². The molecule has 2 nitrogen and oxygen atoms in total. The number of aliphatic imine (C=N–C) groups is 1. The molecule has 0 radical (unpaired) electrons. The van der Waals surface area contributed by atoms with Crippen molar-refractivity contribution in [2.24, 2.45) is 4.99 Å². The minimum absolute atomic E-state index is 0.816. The van der Waals surface area contributed by atoms with Crippen LogP contribution in [-0.2, 0) is 6.54 Å². The summed E-state index contributed by atoms with van der Waals surface area (Å²) in [6.45, 7) is 0.816. The Labute approximate surface area is 69.5 Å². The van der Waals surface area contributed by atoms with Crippen LogP contribution < -0.4 is 0 Å². The zero-order valence-corrected chi connectivity index (χ0v) is 6.45. The quantitative estimate of drug-likeness (QED) is 0.576. The highest BCUT2D eigenvalue weighted by Crippen LogP contribution is 2.23. The molecule has 0 amide bonds. The van der Waals surface area contributed by atoms with Gasteiger partial charge in [-0.3, -0.25) is 4.99 Å². The molecule has 0 unspecified atom stereocenters. The lowest BCUT2D eigenvalue weighted by atomic mass is 10.1. The summed E-state index contributed by atoms with van der Waals surface area (Å²) in [6.07, 6.45) is 3.62. The third kappa shape index (κ3) is 0.666. The molecule has 0 N–H and O–H groups in total. The first-order valence-electron chi connectivity index (χ1n) is 3.93. The molecule has 1 aliphatic rings. The molecule has 0 saturated carbocycles. The first-order chi connectivity index (χ1) is 5.93. The molecule has 2 heteroatoms. The molecule has 0 bridgehead atoms. The van der Waals surface area contributed by atoms with Gasteiger partial charge in [-0.05, 0) is 23.8 Å². The Morgan fingerprint density at radius 3 is 3.33 bits per heavy atom. The second-order valence-electron chi connectivity index (χ2n) is 2.98. The zero-order valence-electron chi connectivity index (χ0n) is 6.45. The van der Waals surface area contributed by atoms with Crippen molar-refractivity contribution in [2.45, 2.75) is 6.54 Å². The van der Waals surface area contributed by atoms with Gasteiger partial charge in [0.25, 0.3) is 0 Å². The van der Waals surface area contributed by atoms with E-state index in [0.29, 0.717) is 0 Å². The fourth-order valence-corrected chi connectivity index (χ4v) is 1.57. The largest absolute Gasteiger partial charge is 0.464 e. The monoisotopic (exact) mass is 157 g/mol. The van der Waals surface area contributed by atoms with E-state index in [9.17, 15) is 0 Å². The van der Waals surface area contributed by atoms with Crippen molar-refractivity contribution >= 4 is 17.2 Å². The van der Waals surface area contributed by atoms with Gasteiger partial charge in [-0.25, -0.2) is 0 Å². The fourth-order valence-electron chi connectivity index (χ4n) is 1.57. The maximum absolute atomic E-state index is 5.28. The van der Waals surface area contributed by atoms with Crippen LogP contribution in [0.15, 0.2) is 33.9 Å². The molecule has 2 aromatic rings. The average Bonchev–Trinajstić information content (AvgIpc) is 2.64. The summed E-state index contributed by atoms with van der Waals surface area (Å²) in [7, 11) is 0. The van der Waals surface area contributed by atoms with Crippen molar-refractivity contribution in [3.8, 4) is 0 Å². The van der Waals surface area contributed by atoms with E-state index in [4.69, 9.17) is 4.42 Å². The number of furan rings is 1. The molecule has 2 heterocycles.